The van der Waals surface area contributed by atoms with E-state index in [1.807, 2.05) is 0 Å². The average Bonchev–Trinajstić information content (AvgIpc) is 2.80. The first-order valence-corrected chi connectivity index (χ1v) is 6.92. The van der Waals surface area contributed by atoms with Gasteiger partial charge in [-0.2, -0.15) is 4.98 Å². The maximum Gasteiger partial charge on any atom is 0.234 e. The van der Waals surface area contributed by atoms with Crippen molar-refractivity contribution in [3.8, 4) is 0 Å². The van der Waals surface area contributed by atoms with Gasteiger partial charge in [0.25, 0.3) is 0 Å². The lowest BCUT2D eigenvalue weighted by Gasteiger charge is -2.35. The highest BCUT2D eigenvalue weighted by Crippen LogP contribution is 2.40. The van der Waals surface area contributed by atoms with Gasteiger partial charge < -0.3 is 10.3 Å². The van der Waals surface area contributed by atoms with Crippen LogP contribution in [0.15, 0.2) is 4.52 Å². The molecule has 4 nitrogen and oxygen atoms in total. The maximum atomic E-state index is 6.01. The smallest absolute Gasteiger partial charge is 0.234 e. The van der Waals surface area contributed by atoms with Crippen molar-refractivity contribution in [2.24, 2.45) is 11.7 Å². The largest absolute Gasteiger partial charge is 0.339 e. The quantitative estimate of drug-likeness (QED) is 0.877. The molecule has 0 radical (unpaired) electrons. The van der Waals surface area contributed by atoms with Crippen LogP contribution in [-0.4, -0.2) is 16.7 Å². The second-order valence-electron chi connectivity index (χ2n) is 6.84. The van der Waals surface area contributed by atoms with E-state index in [-0.39, 0.29) is 10.8 Å². The van der Waals surface area contributed by atoms with Crippen molar-refractivity contribution in [1.29, 1.82) is 0 Å². The molecule has 102 valence electrons. The van der Waals surface area contributed by atoms with E-state index < -0.39 is 0 Å². The summed E-state index contributed by atoms with van der Waals surface area (Å²) in [5, 5.41) is 4.13. The number of aromatic nitrogens is 2. The molecule has 1 aromatic heterocycles. The fraction of sp³-hybridized carbons (Fsp3) is 0.857. The molecule has 4 heteroatoms. The van der Waals surface area contributed by atoms with Crippen LogP contribution in [0.3, 0.4) is 0 Å². The van der Waals surface area contributed by atoms with Gasteiger partial charge in [0.05, 0.1) is 5.41 Å². The van der Waals surface area contributed by atoms with E-state index >= 15 is 0 Å². The van der Waals surface area contributed by atoms with E-state index in [2.05, 4.69) is 37.8 Å². The van der Waals surface area contributed by atoms with Crippen molar-refractivity contribution >= 4 is 0 Å². The van der Waals surface area contributed by atoms with Crippen molar-refractivity contribution in [3.63, 3.8) is 0 Å². The van der Waals surface area contributed by atoms with Gasteiger partial charge in [0, 0.05) is 12.0 Å². The van der Waals surface area contributed by atoms with Crippen molar-refractivity contribution in [1.82, 2.24) is 10.1 Å². The van der Waals surface area contributed by atoms with Crippen molar-refractivity contribution < 1.29 is 4.52 Å². The second-order valence-corrected chi connectivity index (χ2v) is 6.84. The highest BCUT2D eigenvalue weighted by Gasteiger charge is 2.40. The number of nitrogens with zero attached hydrogens (tertiary/aromatic N) is 2. The minimum atomic E-state index is -0.0803. The molecule has 1 heterocycles. The number of nitrogens with two attached hydrogens (primary N) is 1. The van der Waals surface area contributed by atoms with Gasteiger partial charge in [-0.1, -0.05) is 32.9 Å². The lowest BCUT2D eigenvalue weighted by molar-refractivity contribution is 0.191. The first kappa shape index (κ1) is 13.5. The lowest BCUT2D eigenvalue weighted by Crippen LogP contribution is -2.39. The Labute approximate surface area is 109 Å². The van der Waals surface area contributed by atoms with E-state index in [1.165, 1.54) is 12.8 Å². The van der Waals surface area contributed by atoms with Crippen LogP contribution < -0.4 is 5.73 Å². The molecule has 0 aromatic carbocycles. The normalized spacial score (nSPS) is 29.5. The van der Waals surface area contributed by atoms with Crippen molar-refractivity contribution in [2.75, 3.05) is 6.54 Å². The Morgan fingerprint density at radius 3 is 2.39 bits per heavy atom. The molecule has 1 aromatic rings. The third-order valence-corrected chi connectivity index (χ3v) is 4.17. The predicted octanol–water partition coefficient (Wildman–Crippen LogP) is 2.77. The average molecular weight is 251 g/mol. The Hall–Kier alpha value is -0.900. The van der Waals surface area contributed by atoms with Crippen LogP contribution in [0.1, 0.15) is 65.1 Å². The van der Waals surface area contributed by atoms with Crippen molar-refractivity contribution in [2.45, 2.75) is 64.2 Å². The third-order valence-electron chi connectivity index (χ3n) is 4.17. The summed E-state index contributed by atoms with van der Waals surface area (Å²) in [6.45, 7) is 9.19. The van der Waals surface area contributed by atoms with Gasteiger partial charge >= 0.3 is 0 Å². The monoisotopic (exact) mass is 251 g/mol. The summed E-state index contributed by atoms with van der Waals surface area (Å²) < 4.78 is 5.52. The summed E-state index contributed by atoms with van der Waals surface area (Å²) in [5.41, 5.74) is 5.86. The lowest BCUT2D eigenvalue weighted by atomic mass is 9.70. The van der Waals surface area contributed by atoms with Gasteiger partial charge in [0.1, 0.15) is 0 Å². The van der Waals surface area contributed by atoms with Crippen LogP contribution >= 0.6 is 0 Å². The van der Waals surface area contributed by atoms with Crippen molar-refractivity contribution in [3.05, 3.63) is 11.7 Å². The zero-order valence-electron chi connectivity index (χ0n) is 12.0. The number of rotatable bonds is 2. The van der Waals surface area contributed by atoms with E-state index in [1.54, 1.807) is 0 Å². The summed E-state index contributed by atoms with van der Waals surface area (Å²) in [4.78, 5) is 4.62. The standard InChI is InChI=1S/C14H25N3O/c1-10-5-7-14(9-15,8-6-10)12-16-11(17-18-12)13(2,3)4/h10H,5-9,15H2,1-4H3. The summed E-state index contributed by atoms with van der Waals surface area (Å²) in [7, 11) is 0. The first-order valence-electron chi connectivity index (χ1n) is 6.92. The van der Waals surface area contributed by atoms with Crippen LogP contribution in [0.4, 0.5) is 0 Å². The second kappa shape index (κ2) is 4.65. The zero-order valence-corrected chi connectivity index (χ0v) is 12.0. The molecular formula is C14H25N3O. The Balaban J connectivity index is 2.25. The summed E-state index contributed by atoms with van der Waals surface area (Å²) in [6.07, 6.45) is 4.53. The zero-order chi connectivity index (χ0) is 13.4. The molecule has 2 N–H and O–H groups in total. The van der Waals surface area contributed by atoms with Gasteiger partial charge in [-0.3, -0.25) is 0 Å². The Kier molecular flexibility index (Phi) is 3.49. The van der Waals surface area contributed by atoms with Gasteiger partial charge in [-0.25, -0.2) is 0 Å². The van der Waals surface area contributed by atoms with E-state index in [0.29, 0.717) is 6.54 Å². The molecule has 0 saturated heterocycles. The molecule has 1 aliphatic rings. The van der Waals surface area contributed by atoms with Gasteiger partial charge in [0.2, 0.25) is 5.89 Å². The Bertz CT molecular complexity index is 397. The summed E-state index contributed by atoms with van der Waals surface area (Å²) in [6, 6.07) is 0. The fourth-order valence-electron chi connectivity index (χ4n) is 2.56. The van der Waals surface area contributed by atoms with Gasteiger partial charge in [-0.05, 0) is 31.6 Å². The molecule has 0 amide bonds. The predicted molar refractivity (Wildman–Crippen MR) is 71.4 cm³/mol. The van der Waals surface area contributed by atoms with E-state index in [9.17, 15) is 0 Å². The minimum absolute atomic E-state index is 0.0699. The van der Waals surface area contributed by atoms with E-state index in [0.717, 1.165) is 30.5 Å². The molecule has 0 spiro atoms. The molecular weight excluding hydrogens is 226 g/mol. The van der Waals surface area contributed by atoms with Crippen LogP contribution in [0.5, 0.6) is 0 Å². The highest BCUT2D eigenvalue weighted by molar-refractivity contribution is 5.11. The first-order chi connectivity index (χ1) is 8.37. The van der Waals surface area contributed by atoms with Crippen LogP contribution in [0, 0.1) is 5.92 Å². The highest BCUT2D eigenvalue weighted by atomic mass is 16.5. The van der Waals surface area contributed by atoms with Crippen LogP contribution in [0.25, 0.3) is 0 Å². The maximum absolute atomic E-state index is 6.01. The van der Waals surface area contributed by atoms with Crippen LogP contribution in [0.2, 0.25) is 0 Å². The molecule has 0 bridgehead atoms. The topological polar surface area (TPSA) is 64.9 Å². The Morgan fingerprint density at radius 2 is 1.94 bits per heavy atom. The molecule has 1 fully saturated rings. The molecule has 0 aliphatic heterocycles. The molecule has 1 saturated carbocycles. The molecule has 0 atom stereocenters. The van der Waals surface area contributed by atoms with Gasteiger partial charge in [0.15, 0.2) is 5.82 Å². The number of hydrogen-bond acceptors (Lipinski definition) is 4. The molecule has 0 unspecified atom stereocenters. The van der Waals surface area contributed by atoms with E-state index in [4.69, 9.17) is 10.3 Å². The SMILES string of the molecule is CC1CCC(CN)(c2nc(C(C)(C)C)no2)CC1. The summed E-state index contributed by atoms with van der Waals surface area (Å²) >= 11 is 0. The fourth-order valence-corrected chi connectivity index (χ4v) is 2.56. The molecule has 18 heavy (non-hydrogen) atoms. The molecule has 2 rings (SSSR count). The third kappa shape index (κ3) is 2.44. The molecule has 1 aliphatic carbocycles. The number of hydrogen-bond donors (Lipinski definition) is 1. The van der Waals surface area contributed by atoms with Crippen LogP contribution in [-0.2, 0) is 10.8 Å². The minimum Gasteiger partial charge on any atom is -0.339 e. The summed E-state index contributed by atoms with van der Waals surface area (Å²) in [5.74, 6) is 2.32. The van der Waals surface area contributed by atoms with Gasteiger partial charge in [-0.15, -0.1) is 0 Å². The Morgan fingerprint density at radius 1 is 1.33 bits per heavy atom.